The molecule has 0 unspecified atom stereocenters. The number of hydrogen-bond donors (Lipinski definition) is 2. The summed E-state index contributed by atoms with van der Waals surface area (Å²) in [5, 5.41) is 5.61. The Morgan fingerprint density at radius 1 is 0.379 bits per heavy atom. The molecule has 0 aromatic heterocycles. The molecule has 4 aromatic rings. The molecule has 0 radical (unpaired) electrons. The first-order chi connectivity index (χ1) is 28.7. The monoisotopic (exact) mass is 796 g/mol. The van der Waals surface area contributed by atoms with Crippen LogP contribution in [0.4, 0.5) is 9.59 Å². The van der Waals surface area contributed by atoms with Crippen LogP contribution in [0.3, 0.4) is 0 Å². The van der Waals surface area contributed by atoms with Crippen molar-refractivity contribution in [2.24, 2.45) is 0 Å². The van der Waals surface area contributed by atoms with Crippen molar-refractivity contribution in [3.05, 3.63) is 119 Å². The summed E-state index contributed by atoms with van der Waals surface area (Å²) in [4.78, 5) is 24.6. The lowest BCUT2D eigenvalue weighted by molar-refractivity contribution is -0.0168. The lowest BCUT2D eigenvalue weighted by atomic mass is 9.98. The summed E-state index contributed by atoms with van der Waals surface area (Å²) in [6, 6.07) is 33.1. The molecule has 0 saturated heterocycles. The number of hydrogen-bond acceptors (Lipinski definition) is 10. The van der Waals surface area contributed by atoms with Crippen molar-refractivity contribution in [3.63, 3.8) is 0 Å². The third-order valence-electron chi connectivity index (χ3n) is 10.0. The van der Waals surface area contributed by atoms with Crippen LogP contribution in [0.25, 0.3) is 22.3 Å². The van der Waals surface area contributed by atoms with E-state index in [1.807, 2.05) is 48.5 Å². The van der Waals surface area contributed by atoms with Crippen LogP contribution in [0.1, 0.15) is 46.9 Å². The summed E-state index contributed by atoms with van der Waals surface area (Å²) in [6.07, 6.45) is 0.523. The fourth-order valence-corrected chi connectivity index (χ4v) is 7.23. The van der Waals surface area contributed by atoms with Gasteiger partial charge < -0.3 is 48.5 Å². The van der Waals surface area contributed by atoms with Crippen LogP contribution in [0.15, 0.2) is 97.1 Å². The Bertz CT molecular complexity index is 1630. The number of alkyl carbamates (subject to hydrolysis) is 2. The summed E-state index contributed by atoms with van der Waals surface area (Å²) in [6.45, 7) is 7.32. The van der Waals surface area contributed by atoms with Gasteiger partial charge in [0, 0.05) is 38.1 Å². The van der Waals surface area contributed by atoms with Gasteiger partial charge >= 0.3 is 12.2 Å². The lowest BCUT2D eigenvalue weighted by Crippen LogP contribution is -2.27. The fraction of sp³-hybridized carbons (Fsp3) is 0.435. The largest absolute Gasteiger partial charge is 0.449 e. The molecule has 0 fully saturated rings. The molecule has 310 valence electrons. The van der Waals surface area contributed by atoms with Gasteiger partial charge in [-0.05, 0) is 57.3 Å². The molecule has 12 heteroatoms. The smallest absolute Gasteiger partial charge is 0.407 e. The third kappa shape index (κ3) is 12.8. The van der Waals surface area contributed by atoms with E-state index in [9.17, 15) is 9.59 Å². The lowest BCUT2D eigenvalue weighted by Gasteiger charge is -2.14. The molecule has 0 spiro atoms. The molecule has 0 heterocycles. The topological polar surface area (TPSA) is 132 Å². The molecule has 0 aliphatic heterocycles. The quantitative estimate of drug-likeness (QED) is 0.0612. The van der Waals surface area contributed by atoms with Crippen molar-refractivity contribution < 1.29 is 47.5 Å². The molecular formula is C46H56N2O10. The van der Waals surface area contributed by atoms with Gasteiger partial charge in [-0.2, -0.15) is 0 Å². The van der Waals surface area contributed by atoms with Gasteiger partial charge in [-0.3, -0.25) is 0 Å². The molecule has 2 amide bonds. The Morgan fingerprint density at radius 3 is 0.931 bits per heavy atom. The normalized spacial score (nSPS) is 12.8. The molecule has 2 N–H and O–H groups in total. The molecule has 4 aromatic carbocycles. The van der Waals surface area contributed by atoms with E-state index in [1.165, 1.54) is 44.5 Å². The fourth-order valence-electron chi connectivity index (χ4n) is 7.23. The molecule has 2 aliphatic carbocycles. The van der Waals surface area contributed by atoms with Crippen molar-refractivity contribution >= 4 is 12.2 Å². The van der Waals surface area contributed by atoms with Gasteiger partial charge in [0.15, 0.2) is 0 Å². The van der Waals surface area contributed by atoms with Crippen LogP contribution < -0.4 is 10.6 Å². The van der Waals surface area contributed by atoms with E-state index in [0.29, 0.717) is 118 Å². The minimum atomic E-state index is -0.418. The SMILES string of the molecule is O=C(NCCCOCCOCCOCCOCCOCCOCCCNC(=O)OCC1c2ccccc2-c2ccccc21)OCC1c2ccccc2-c2ccccc21. The van der Waals surface area contributed by atoms with Crippen molar-refractivity contribution in [3.8, 4) is 22.3 Å². The zero-order valence-electron chi connectivity index (χ0n) is 33.2. The number of fused-ring (bicyclic) bond motifs is 6. The van der Waals surface area contributed by atoms with Gasteiger partial charge in [-0.1, -0.05) is 97.1 Å². The zero-order valence-corrected chi connectivity index (χ0v) is 33.2. The number of amides is 2. The van der Waals surface area contributed by atoms with E-state index >= 15 is 0 Å². The predicted octanol–water partition coefficient (Wildman–Crippen LogP) is 6.94. The summed E-state index contributed by atoms with van der Waals surface area (Å²) < 4.78 is 44.5. The van der Waals surface area contributed by atoms with E-state index < -0.39 is 12.2 Å². The van der Waals surface area contributed by atoms with E-state index in [0.717, 1.165) is 0 Å². The van der Waals surface area contributed by atoms with E-state index in [2.05, 4.69) is 59.2 Å². The predicted molar refractivity (Wildman–Crippen MR) is 220 cm³/mol. The second-order valence-electron chi connectivity index (χ2n) is 13.9. The minimum Gasteiger partial charge on any atom is -0.449 e. The van der Waals surface area contributed by atoms with Crippen molar-refractivity contribution in [1.29, 1.82) is 0 Å². The van der Waals surface area contributed by atoms with Crippen molar-refractivity contribution in [2.45, 2.75) is 24.7 Å². The maximum Gasteiger partial charge on any atom is 0.407 e. The first kappa shape index (κ1) is 42.8. The highest BCUT2D eigenvalue weighted by Crippen LogP contribution is 2.45. The van der Waals surface area contributed by atoms with Crippen molar-refractivity contribution in [1.82, 2.24) is 10.6 Å². The van der Waals surface area contributed by atoms with Gasteiger partial charge in [0.05, 0.1) is 66.1 Å². The summed E-state index contributed by atoms with van der Waals surface area (Å²) >= 11 is 0. The minimum absolute atomic E-state index is 0.0458. The molecule has 6 rings (SSSR count). The molecule has 0 atom stereocenters. The van der Waals surface area contributed by atoms with E-state index in [1.54, 1.807) is 0 Å². The Labute approximate surface area is 341 Å². The number of rotatable bonds is 27. The van der Waals surface area contributed by atoms with Gasteiger partial charge in [0.25, 0.3) is 0 Å². The Hall–Kier alpha value is -4.82. The Kier molecular flexibility index (Phi) is 17.8. The Balaban J connectivity index is 0.643. The second-order valence-corrected chi connectivity index (χ2v) is 13.9. The number of ether oxygens (including phenoxy) is 8. The maximum absolute atomic E-state index is 12.3. The maximum atomic E-state index is 12.3. The molecule has 12 nitrogen and oxygen atoms in total. The first-order valence-electron chi connectivity index (χ1n) is 20.3. The Morgan fingerprint density at radius 2 is 0.638 bits per heavy atom. The molecular weight excluding hydrogens is 741 g/mol. The van der Waals surface area contributed by atoms with Gasteiger partial charge in [-0.25, -0.2) is 9.59 Å². The number of carbonyl (C=O) groups excluding carboxylic acids is 2. The highest BCUT2D eigenvalue weighted by Gasteiger charge is 2.30. The number of carbonyl (C=O) groups is 2. The highest BCUT2D eigenvalue weighted by molar-refractivity contribution is 5.80. The van der Waals surface area contributed by atoms with Crippen LogP contribution in [0, 0.1) is 0 Å². The average Bonchev–Trinajstić information content (AvgIpc) is 3.75. The highest BCUT2D eigenvalue weighted by atomic mass is 16.6. The summed E-state index contributed by atoms with van der Waals surface area (Å²) in [5.74, 6) is 0.0915. The molecule has 0 bridgehead atoms. The van der Waals surface area contributed by atoms with E-state index in [4.69, 9.17) is 37.9 Å². The molecule has 58 heavy (non-hydrogen) atoms. The zero-order chi connectivity index (χ0) is 40.0. The van der Waals surface area contributed by atoms with Crippen LogP contribution >= 0.6 is 0 Å². The van der Waals surface area contributed by atoms with Crippen LogP contribution in [0.5, 0.6) is 0 Å². The van der Waals surface area contributed by atoms with Crippen LogP contribution in [-0.4, -0.2) is 118 Å². The first-order valence-corrected chi connectivity index (χ1v) is 20.3. The standard InChI is InChI=1S/C46H56N2O10/c49-45(57-33-43-39-15-5-1-11-35(39)36-12-2-6-16-40(36)43)47-19-9-21-51-23-25-53-27-29-55-31-32-56-30-28-54-26-24-52-22-10-20-48-46(50)58-34-44-41-17-7-3-13-37(41)38-14-4-8-18-42(38)44/h1-8,11-18,43-44H,9-10,19-34H2,(H,47,49)(H,48,50). The van der Waals surface area contributed by atoms with Gasteiger partial charge in [0.1, 0.15) is 13.2 Å². The van der Waals surface area contributed by atoms with Crippen LogP contribution in [-0.2, 0) is 37.9 Å². The second kappa shape index (κ2) is 24.2. The average molecular weight is 797 g/mol. The summed E-state index contributed by atoms with van der Waals surface area (Å²) in [5.41, 5.74) is 9.60. The van der Waals surface area contributed by atoms with Crippen molar-refractivity contribution in [2.75, 3.05) is 106 Å². The molecule has 2 aliphatic rings. The van der Waals surface area contributed by atoms with Crippen LogP contribution in [0.2, 0.25) is 0 Å². The number of benzene rings is 4. The molecule has 0 saturated carbocycles. The van der Waals surface area contributed by atoms with Gasteiger partial charge in [0.2, 0.25) is 0 Å². The van der Waals surface area contributed by atoms with E-state index in [-0.39, 0.29) is 11.8 Å². The number of nitrogens with one attached hydrogen (secondary N) is 2. The summed E-state index contributed by atoms with van der Waals surface area (Å²) in [7, 11) is 0. The van der Waals surface area contributed by atoms with Gasteiger partial charge in [-0.15, -0.1) is 0 Å². The third-order valence-corrected chi connectivity index (χ3v) is 10.0.